The summed E-state index contributed by atoms with van der Waals surface area (Å²) in [4.78, 5) is 6.81. The first-order valence-corrected chi connectivity index (χ1v) is 8.09. The number of aliphatic imine (C=N–C) groups is 1. The molecule has 1 aromatic heterocycles. The number of rotatable bonds is 8. The Hall–Kier alpha value is -0.800. The fourth-order valence-corrected chi connectivity index (χ4v) is 2.47. The summed E-state index contributed by atoms with van der Waals surface area (Å²) in [6, 6.07) is 3.54. The molecule has 1 aromatic rings. The maximum absolute atomic E-state index is 10.5. The first-order chi connectivity index (χ1) is 10.7. The lowest BCUT2D eigenvalue weighted by Gasteiger charge is -2.27. The number of aliphatic hydroxyl groups is 1. The third kappa shape index (κ3) is 8.34. The van der Waals surface area contributed by atoms with Crippen LogP contribution in [0.2, 0.25) is 0 Å². The molecule has 7 heteroatoms. The molecule has 3 N–H and O–H groups in total. The van der Waals surface area contributed by atoms with Gasteiger partial charge in [-0.3, -0.25) is 4.99 Å². The van der Waals surface area contributed by atoms with Crippen LogP contribution in [0, 0.1) is 5.41 Å². The van der Waals surface area contributed by atoms with Gasteiger partial charge < -0.3 is 25.1 Å². The topological polar surface area (TPSA) is 73.0 Å². The Bertz CT molecular complexity index is 485. The molecule has 140 valence electrons. The number of hydrogen-bond acceptors (Lipinski definition) is 4. The molecule has 1 rings (SSSR count). The van der Waals surface area contributed by atoms with Crippen LogP contribution in [0.4, 0.5) is 0 Å². The van der Waals surface area contributed by atoms with Gasteiger partial charge in [-0.05, 0) is 45.5 Å². The first-order valence-electron chi connectivity index (χ1n) is 8.09. The highest BCUT2D eigenvalue weighted by Gasteiger charge is 2.26. The zero-order valence-electron chi connectivity index (χ0n) is 15.7. The van der Waals surface area contributed by atoms with Crippen molar-refractivity contribution in [2.24, 2.45) is 10.4 Å². The van der Waals surface area contributed by atoms with Crippen LogP contribution in [0.25, 0.3) is 0 Å². The summed E-state index contributed by atoms with van der Waals surface area (Å²) < 4.78 is 5.29. The van der Waals surface area contributed by atoms with Crippen molar-refractivity contribution in [1.29, 1.82) is 0 Å². The van der Waals surface area contributed by atoms with Gasteiger partial charge in [-0.15, -0.1) is 24.0 Å². The van der Waals surface area contributed by atoms with E-state index in [0.29, 0.717) is 24.8 Å². The van der Waals surface area contributed by atoms with E-state index in [0.717, 1.165) is 13.1 Å². The number of halogens is 1. The summed E-state index contributed by atoms with van der Waals surface area (Å²) in [6.45, 7) is 10.9. The molecule has 1 heterocycles. The van der Waals surface area contributed by atoms with Crippen molar-refractivity contribution in [3.05, 3.63) is 24.2 Å². The number of hydrogen-bond donors (Lipinski definition) is 3. The molecule has 0 amide bonds. The normalized spacial score (nSPS) is 14.9. The van der Waals surface area contributed by atoms with E-state index < -0.39 is 5.60 Å². The van der Waals surface area contributed by atoms with Crippen LogP contribution in [-0.2, 0) is 5.60 Å². The molecule has 0 saturated heterocycles. The lowest BCUT2D eigenvalue weighted by atomic mass is 9.93. The Morgan fingerprint density at radius 3 is 2.46 bits per heavy atom. The smallest absolute Gasteiger partial charge is 0.191 e. The predicted octanol–water partition coefficient (Wildman–Crippen LogP) is 2.25. The second kappa shape index (κ2) is 10.2. The minimum Gasteiger partial charge on any atom is -0.466 e. The fraction of sp³-hybridized carbons (Fsp3) is 0.706. The van der Waals surface area contributed by atoms with Crippen LogP contribution in [0.3, 0.4) is 0 Å². The molecule has 0 radical (unpaired) electrons. The number of guanidine groups is 1. The summed E-state index contributed by atoms with van der Waals surface area (Å²) in [5.74, 6) is 1.24. The lowest BCUT2D eigenvalue weighted by molar-refractivity contribution is 0.0385. The van der Waals surface area contributed by atoms with Gasteiger partial charge in [-0.1, -0.05) is 13.8 Å². The van der Waals surface area contributed by atoms with Gasteiger partial charge in [-0.2, -0.15) is 0 Å². The van der Waals surface area contributed by atoms with Crippen LogP contribution in [-0.4, -0.2) is 56.2 Å². The van der Waals surface area contributed by atoms with E-state index >= 15 is 0 Å². The minimum atomic E-state index is -1.08. The van der Waals surface area contributed by atoms with E-state index in [1.165, 1.54) is 0 Å². The second-order valence-corrected chi connectivity index (χ2v) is 7.20. The maximum atomic E-state index is 10.5. The van der Waals surface area contributed by atoms with Crippen molar-refractivity contribution in [3.8, 4) is 0 Å². The standard InChI is InChI=1S/C17H32N4O2.HI/c1-7-18-15(19-11-16(2,3)13-21(5)6)20-12-17(4,22)14-9-8-10-23-14;/h8-10,22H,7,11-13H2,1-6H3,(H2,18,19,20);1H. The highest BCUT2D eigenvalue weighted by Crippen LogP contribution is 2.20. The summed E-state index contributed by atoms with van der Waals surface area (Å²) in [5, 5.41) is 16.9. The molecule has 0 aliphatic rings. The zero-order chi connectivity index (χ0) is 17.5. The van der Waals surface area contributed by atoms with Crippen molar-refractivity contribution >= 4 is 29.9 Å². The Balaban J connectivity index is 0.00000529. The molecular formula is C17H33IN4O2. The van der Waals surface area contributed by atoms with Crippen molar-refractivity contribution in [1.82, 2.24) is 15.5 Å². The van der Waals surface area contributed by atoms with Gasteiger partial charge in [0.15, 0.2) is 5.96 Å². The highest BCUT2D eigenvalue weighted by atomic mass is 127. The zero-order valence-corrected chi connectivity index (χ0v) is 18.0. The first kappa shape index (κ1) is 23.2. The Labute approximate surface area is 163 Å². The Kier molecular flexibility index (Phi) is 9.91. The van der Waals surface area contributed by atoms with E-state index in [-0.39, 0.29) is 29.4 Å². The molecule has 6 nitrogen and oxygen atoms in total. The van der Waals surface area contributed by atoms with Gasteiger partial charge in [0.25, 0.3) is 0 Å². The van der Waals surface area contributed by atoms with Gasteiger partial charge in [0.2, 0.25) is 0 Å². The van der Waals surface area contributed by atoms with Crippen molar-refractivity contribution in [2.45, 2.75) is 33.3 Å². The molecule has 0 aromatic carbocycles. The monoisotopic (exact) mass is 452 g/mol. The van der Waals surface area contributed by atoms with E-state index in [9.17, 15) is 5.11 Å². The van der Waals surface area contributed by atoms with Crippen LogP contribution in [0.1, 0.15) is 33.5 Å². The number of nitrogens with one attached hydrogen (secondary N) is 2. The Morgan fingerprint density at radius 1 is 1.29 bits per heavy atom. The molecule has 0 spiro atoms. The van der Waals surface area contributed by atoms with Gasteiger partial charge in [0.1, 0.15) is 11.4 Å². The summed E-state index contributed by atoms with van der Waals surface area (Å²) in [7, 11) is 4.13. The SMILES string of the molecule is CCNC(=NCC(C)(C)CN(C)C)NCC(C)(O)c1ccco1.I. The largest absolute Gasteiger partial charge is 0.466 e. The third-order valence-electron chi connectivity index (χ3n) is 3.41. The Morgan fingerprint density at radius 2 is 1.96 bits per heavy atom. The van der Waals surface area contributed by atoms with Crippen molar-refractivity contribution in [3.63, 3.8) is 0 Å². The van der Waals surface area contributed by atoms with Crippen LogP contribution < -0.4 is 10.6 Å². The highest BCUT2D eigenvalue weighted by molar-refractivity contribution is 14.0. The second-order valence-electron chi connectivity index (χ2n) is 7.20. The van der Waals surface area contributed by atoms with Gasteiger partial charge in [-0.25, -0.2) is 0 Å². The summed E-state index contributed by atoms with van der Waals surface area (Å²) in [5.41, 5.74) is -1.01. The van der Waals surface area contributed by atoms with Crippen LogP contribution in [0.5, 0.6) is 0 Å². The molecule has 0 saturated carbocycles. The fourth-order valence-electron chi connectivity index (χ4n) is 2.47. The molecule has 0 fully saturated rings. The summed E-state index contributed by atoms with van der Waals surface area (Å²) >= 11 is 0. The summed E-state index contributed by atoms with van der Waals surface area (Å²) in [6.07, 6.45) is 1.56. The molecular weight excluding hydrogens is 419 g/mol. The van der Waals surface area contributed by atoms with E-state index in [1.807, 2.05) is 6.92 Å². The minimum absolute atomic E-state index is 0. The molecule has 0 aliphatic carbocycles. The van der Waals surface area contributed by atoms with Gasteiger partial charge in [0.05, 0.1) is 12.8 Å². The lowest BCUT2D eigenvalue weighted by Crippen LogP contribution is -2.45. The number of nitrogens with zero attached hydrogens (tertiary/aromatic N) is 2. The third-order valence-corrected chi connectivity index (χ3v) is 3.41. The maximum Gasteiger partial charge on any atom is 0.191 e. The van der Waals surface area contributed by atoms with E-state index in [1.54, 1.807) is 25.3 Å². The molecule has 0 bridgehead atoms. The molecule has 1 atom stereocenters. The average Bonchev–Trinajstić information content (AvgIpc) is 2.95. The van der Waals surface area contributed by atoms with E-state index in [4.69, 9.17) is 4.42 Å². The van der Waals surface area contributed by atoms with Gasteiger partial charge in [0, 0.05) is 19.6 Å². The quantitative estimate of drug-likeness (QED) is 0.321. The molecule has 0 aliphatic heterocycles. The van der Waals surface area contributed by atoms with Gasteiger partial charge >= 0.3 is 0 Å². The van der Waals surface area contributed by atoms with Crippen molar-refractivity contribution in [2.75, 3.05) is 40.3 Å². The molecule has 24 heavy (non-hydrogen) atoms. The van der Waals surface area contributed by atoms with Crippen LogP contribution >= 0.6 is 24.0 Å². The predicted molar refractivity (Wildman–Crippen MR) is 110 cm³/mol. The van der Waals surface area contributed by atoms with Crippen LogP contribution in [0.15, 0.2) is 27.8 Å². The number of furan rings is 1. The average molecular weight is 452 g/mol. The van der Waals surface area contributed by atoms with Crippen molar-refractivity contribution < 1.29 is 9.52 Å². The van der Waals surface area contributed by atoms with E-state index in [2.05, 4.69) is 48.5 Å². The molecule has 1 unspecified atom stereocenters.